The Morgan fingerprint density at radius 2 is 2.11 bits per heavy atom. The van der Waals surface area contributed by atoms with Crippen molar-refractivity contribution >= 4 is 22.8 Å². The predicted molar refractivity (Wildman–Crippen MR) is 106 cm³/mol. The molecule has 1 N–H and O–H groups in total. The topological polar surface area (TPSA) is 71.6 Å². The Labute approximate surface area is 165 Å². The summed E-state index contributed by atoms with van der Waals surface area (Å²) in [6, 6.07) is 8.63. The average molecular weight is 384 g/mol. The molecular weight excluding hydrogens is 356 g/mol. The lowest BCUT2D eigenvalue weighted by molar-refractivity contribution is -0.167. The van der Waals surface area contributed by atoms with Gasteiger partial charge in [-0.1, -0.05) is 25.1 Å². The van der Waals surface area contributed by atoms with Gasteiger partial charge in [-0.25, -0.2) is 4.79 Å². The van der Waals surface area contributed by atoms with Crippen LogP contribution in [0.25, 0.3) is 10.9 Å². The lowest BCUT2D eigenvalue weighted by Crippen LogP contribution is -2.41. The third-order valence-electron chi connectivity index (χ3n) is 6.68. The second kappa shape index (κ2) is 7.24. The molecule has 2 aliphatic rings. The van der Waals surface area contributed by atoms with Gasteiger partial charge in [-0.2, -0.15) is 0 Å². The van der Waals surface area contributed by atoms with E-state index in [0.29, 0.717) is 6.42 Å². The Morgan fingerprint density at radius 3 is 2.82 bits per heavy atom. The van der Waals surface area contributed by atoms with Gasteiger partial charge in [0.25, 0.3) is 0 Å². The summed E-state index contributed by atoms with van der Waals surface area (Å²) in [4.78, 5) is 30.1. The summed E-state index contributed by atoms with van der Waals surface area (Å²) >= 11 is 0. The number of carbonyl (C=O) groups excluding carboxylic acids is 2. The van der Waals surface area contributed by atoms with Gasteiger partial charge in [0.1, 0.15) is 0 Å². The highest BCUT2D eigenvalue weighted by molar-refractivity contribution is 5.85. The summed E-state index contributed by atoms with van der Waals surface area (Å²) in [5.41, 5.74) is 3.66. The van der Waals surface area contributed by atoms with E-state index in [9.17, 15) is 9.59 Å². The van der Waals surface area contributed by atoms with Crippen LogP contribution in [-0.2, 0) is 25.5 Å². The molecule has 0 spiro atoms. The average Bonchev–Trinajstić information content (AvgIpc) is 3.25. The molecule has 0 radical (unpaired) electrons. The number of rotatable bonds is 5. The van der Waals surface area contributed by atoms with E-state index in [1.54, 1.807) is 0 Å². The van der Waals surface area contributed by atoms with Crippen molar-refractivity contribution in [1.29, 1.82) is 0 Å². The van der Waals surface area contributed by atoms with Crippen LogP contribution in [-0.4, -0.2) is 48.1 Å². The molecule has 6 nitrogen and oxygen atoms in total. The van der Waals surface area contributed by atoms with Crippen LogP contribution in [0.3, 0.4) is 0 Å². The monoisotopic (exact) mass is 384 g/mol. The molecule has 1 fully saturated rings. The molecule has 0 bridgehead atoms. The molecule has 4 rings (SSSR count). The predicted octanol–water partition coefficient (Wildman–Crippen LogP) is 3.36. The number of benzene rings is 1. The number of hydrogen-bond acceptors (Lipinski definition) is 5. The quantitative estimate of drug-likeness (QED) is 0.801. The second-order valence-corrected chi connectivity index (χ2v) is 8.04. The minimum atomic E-state index is -0.864. The molecule has 0 saturated carbocycles. The number of nitrogens with zero attached hydrogens (tertiary/aromatic N) is 1. The Kier molecular flexibility index (Phi) is 4.91. The normalized spacial score (nSPS) is 25.2. The maximum atomic E-state index is 12.3. The number of methoxy groups -OCH3 is 1. The number of carbonyl (C=O) groups is 2. The zero-order valence-electron chi connectivity index (χ0n) is 16.8. The van der Waals surface area contributed by atoms with Crippen LogP contribution >= 0.6 is 0 Å². The lowest BCUT2D eigenvalue weighted by atomic mass is 9.71. The number of hydrogen-bond donors (Lipinski definition) is 1. The number of nitrogens with one attached hydrogen (secondary N) is 1. The molecule has 0 amide bonds. The zero-order chi connectivity index (χ0) is 19.9. The standard InChI is InChI=1S/C22H28N2O4/c1-4-22(13-18(21(26)27-3)28-14(2)25)10-12-24-11-9-16-15-7-5-6-8-17(15)23-19(16)20(22)24/h5-8,18,20,23H,4,9-13H2,1-3H3. The summed E-state index contributed by atoms with van der Waals surface area (Å²) in [5, 5.41) is 1.29. The fourth-order valence-corrected chi connectivity index (χ4v) is 5.33. The van der Waals surface area contributed by atoms with E-state index in [1.165, 1.54) is 30.7 Å². The van der Waals surface area contributed by atoms with Gasteiger partial charge in [0.05, 0.1) is 13.2 Å². The zero-order valence-corrected chi connectivity index (χ0v) is 16.8. The van der Waals surface area contributed by atoms with Gasteiger partial charge in [-0.15, -0.1) is 0 Å². The Bertz CT molecular complexity index is 905. The van der Waals surface area contributed by atoms with Gasteiger partial charge in [0.15, 0.2) is 6.10 Å². The Morgan fingerprint density at radius 1 is 1.32 bits per heavy atom. The highest BCUT2D eigenvalue weighted by atomic mass is 16.6. The van der Waals surface area contributed by atoms with Crippen molar-refractivity contribution in [2.24, 2.45) is 5.41 Å². The van der Waals surface area contributed by atoms with E-state index in [0.717, 1.165) is 37.9 Å². The number of H-pyrrole nitrogens is 1. The Hall–Kier alpha value is -2.34. The molecule has 1 aromatic carbocycles. The van der Waals surface area contributed by atoms with Gasteiger partial charge in [-0.3, -0.25) is 9.69 Å². The van der Waals surface area contributed by atoms with Crippen LogP contribution in [0.2, 0.25) is 0 Å². The van der Waals surface area contributed by atoms with Gasteiger partial charge in [-0.05, 0) is 42.9 Å². The van der Waals surface area contributed by atoms with Gasteiger partial charge >= 0.3 is 11.9 Å². The SMILES string of the molecule is CCC1(CC(OC(C)=O)C(=O)OC)CCN2CCc3c([nH]c4ccccc34)C21. The summed E-state index contributed by atoms with van der Waals surface area (Å²) < 4.78 is 10.3. The number of fused-ring (bicyclic) bond motifs is 5. The highest BCUT2D eigenvalue weighted by Crippen LogP contribution is 2.55. The van der Waals surface area contributed by atoms with E-state index in [4.69, 9.17) is 9.47 Å². The first-order valence-electron chi connectivity index (χ1n) is 10.1. The summed E-state index contributed by atoms with van der Waals surface area (Å²) in [6.07, 6.45) is 2.51. The number of esters is 2. The van der Waals surface area contributed by atoms with Gasteiger partial charge < -0.3 is 14.5 Å². The number of aromatic nitrogens is 1. The number of para-hydroxylation sites is 1. The van der Waals surface area contributed by atoms with Gasteiger partial charge in [0.2, 0.25) is 0 Å². The maximum absolute atomic E-state index is 12.3. The highest BCUT2D eigenvalue weighted by Gasteiger charge is 2.52. The summed E-state index contributed by atoms with van der Waals surface area (Å²) in [7, 11) is 1.34. The maximum Gasteiger partial charge on any atom is 0.347 e. The van der Waals surface area contributed by atoms with Crippen molar-refractivity contribution in [3.8, 4) is 0 Å². The van der Waals surface area contributed by atoms with Crippen LogP contribution < -0.4 is 0 Å². The van der Waals surface area contributed by atoms with Crippen molar-refractivity contribution < 1.29 is 19.1 Å². The van der Waals surface area contributed by atoms with E-state index in [-0.39, 0.29) is 11.5 Å². The van der Waals surface area contributed by atoms with Crippen LogP contribution in [0, 0.1) is 5.41 Å². The molecule has 2 aromatic rings. The molecule has 3 atom stereocenters. The van der Waals surface area contributed by atoms with Crippen molar-refractivity contribution in [3.63, 3.8) is 0 Å². The first kappa shape index (κ1) is 19.0. The smallest absolute Gasteiger partial charge is 0.347 e. The van der Waals surface area contributed by atoms with Crippen molar-refractivity contribution in [3.05, 3.63) is 35.5 Å². The fourth-order valence-electron chi connectivity index (χ4n) is 5.33. The summed E-state index contributed by atoms with van der Waals surface area (Å²) in [5.74, 6) is -0.930. The Balaban J connectivity index is 1.75. The fraction of sp³-hybridized carbons (Fsp3) is 0.545. The molecule has 1 saturated heterocycles. The van der Waals surface area contributed by atoms with E-state index >= 15 is 0 Å². The molecular formula is C22H28N2O4. The van der Waals surface area contributed by atoms with E-state index < -0.39 is 18.0 Å². The van der Waals surface area contributed by atoms with E-state index in [1.807, 2.05) is 0 Å². The van der Waals surface area contributed by atoms with Crippen molar-refractivity contribution in [2.45, 2.75) is 51.7 Å². The third kappa shape index (κ3) is 3.00. The molecule has 0 aliphatic carbocycles. The van der Waals surface area contributed by atoms with E-state index in [2.05, 4.69) is 41.1 Å². The number of ether oxygens (including phenoxy) is 2. The second-order valence-electron chi connectivity index (χ2n) is 8.04. The van der Waals surface area contributed by atoms with Crippen molar-refractivity contribution in [2.75, 3.05) is 20.2 Å². The van der Waals surface area contributed by atoms with Crippen LogP contribution in [0.15, 0.2) is 24.3 Å². The molecule has 28 heavy (non-hydrogen) atoms. The minimum absolute atomic E-state index is 0.148. The molecule has 150 valence electrons. The van der Waals surface area contributed by atoms with Crippen LogP contribution in [0.1, 0.15) is 50.4 Å². The molecule has 2 aliphatic heterocycles. The van der Waals surface area contributed by atoms with Crippen LogP contribution in [0.4, 0.5) is 0 Å². The lowest BCUT2D eigenvalue weighted by Gasteiger charge is -2.41. The minimum Gasteiger partial charge on any atom is -0.466 e. The largest absolute Gasteiger partial charge is 0.466 e. The summed E-state index contributed by atoms with van der Waals surface area (Å²) in [6.45, 7) is 5.51. The third-order valence-corrected chi connectivity index (χ3v) is 6.68. The first-order chi connectivity index (χ1) is 13.5. The molecule has 3 unspecified atom stereocenters. The van der Waals surface area contributed by atoms with Crippen molar-refractivity contribution in [1.82, 2.24) is 9.88 Å². The van der Waals surface area contributed by atoms with Crippen LogP contribution in [0.5, 0.6) is 0 Å². The number of aromatic amines is 1. The molecule has 1 aromatic heterocycles. The van der Waals surface area contributed by atoms with Gasteiger partial charge in [0, 0.05) is 36.5 Å². The molecule has 6 heteroatoms. The molecule has 3 heterocycles. The first-order valence-corrected chi connectivity index (χ1v) is 10.1.